The maximum atomic E-state index is 13.7. The standard InChI is InChI=1S/C45H44O8/c1-2-26-48-44-43(53-45(46)51-30-39-37-24-14-12-22-35(37)36-23-13-15-25-38(36)39)42(50-29-34-20-10-5-11-21-34)41(49-28-33-18-8-4-9-19-33)40(52-44)31-47-27-32-16-6-3-7-17-32/h2-25,39-44H,1,26-31H2/t40-,41-,42+,43+,44+/m1/s1. The molecule has 53 heavy (non-hydrogen) atoms. The molecule has 1 aliphatic heterocycles. The Morgan fingerprint density at radius 1 is 0.585 bits per heavy atom. The van der Waals surface area contributed by atoms with Crippen LogP contribution in [0.15, 0.2) is 152 Å². The van der Waals surface area contributed by atoms with Crippen molar-refractivity contribution in [1.82, 2.24) is 0 Å². The van der Waals surface area contributed by atoms with Gasteiger partial charge < -0.3 is 33.2 Å². The molecule has 5 atom stereocenters. The molecule has 5 aromatic carbocycles. The van der Waals surface area contributed by atoms with E-state index >= 15 is 0 Å². The molecule has 1 aliphatic carbocycles. The average Bonchev–Trinajstić information content (AvgIpc) is 3.53. The van der Waals surface area contributed by atoms with E-state index < -0.39 is 36.9 Å². The zero-order valence-corrected chi connectivity index (χ0v) is 29.5. The molecule has 272 valence electrons. The van der Waals surface area contributed by atoms with E-state index in [0.717, 1.165) is 38.9 Å². The van der Waals surface area contributed by atoms with Gasteiger partial charge in [0.15, 0.2) is 12.4 Å². The van der Waals surface area contributed by atoms with Gasteiger partial charge in [-0.25, -0.2) is 4.79 Å². The fraction of sp³-hybridized carbons (Fsp3) is 0.267. The van der Waals surface area contributed by atoms with Gasteiger partial charge in [0.1, 0.15) is 24.9 Å². The van der Waals surface area contributed by atoms with Gasteiger partial charge in [0.05, 0.1) is 33.0 Å². The highest BCUT2D eigenvalue weighted by Gasteiger charge is 2.51. The van der Waals surface area contributed by atoms with Crippen LogP contribution in [0.2, 0.25) is 0 Å². The molecule has 0 amide bonds. The molecule has 5 aromatic rings. The molecule has 0 bridgehead atoms. The molecule has 8 heteroatoms. The Balaban J connectivity index is 1.14. The third-order valence-electron chi connectivity index (χ3n) is 9.50. The Kier molecular flexibility index (Phi) is 12.4. The second-order valence-electron chi connectivity index (χ2n) is 13.1. The monoisotopic (exact) mass is 712 g/mol. The van der Waals surface area contributed by atoms with E-state index in [1.54, 1.807) is 6.08 Å². The van der Waals surface area contributed by atoms with Gasteiger partial charge in [-0.1, -0.05) is 146 Å². The first kappa shape index (κ1) is 36.3. The molecular weight excluding hydrogens is 668 g/mol. The minimum atomic E-state index is -1.06. The van der Waals surface area contributed by atoms with E-state index in [1.807, 2.05) is 115 Å². The topological polar surface area (TPSA) is 81.7 Å². The Morgan fingerprint density at radius 3 is 1.66 bits per heavy atom. The molecule has 0 radical (unpaired) electrons. The highest BCUT2D eigenvalue weighted by Crippen LogP contribution is 2.44. The normalized spacial score (nSPS) is 20.6. The summed E-state index contributed by atoms with van der Waals surface area (Å²) >= 11 is 0. The number of ether oxygens (including phenoxy) is 7. The fourth-order valence-electron chi connectivity index (χ4n) is 6.96. The molecule has 7 rings (SSSR count). The Bertz CT molecular complexity index is 1850. The SMILES string of the molecule is C=CCO[C@H]1O[C@H](COCc2ccccc2)[C@@H](OCc2ccccc2)[C@H](OCc2ccccc2)[C@@H]1OC(=O)OCC1c2ccccc2-c2ccccc21. The summed E-state index contributed by atoms with van der Waals surface area (Å²) in [5, 5.41) is 0. The lowest BCUT2D eigenvalue weighted by molar-refractivity contribution is -0.317. The maximum absolute atomic E-state index is 13.7. The van der Waals surface area contributed by atoms with Crippen LogP contribution in [0.1, 0.15) is 33.7 Å². The van der Waals surface area contributed by atoms with E-state index in [2.05, 4.69) is 30.8 Å². The molecule has 8 nitrogen and oxygen atoms in total. The number of rotatable bonds is 16. The van der Waals surface area contributed by atoms with E-state index in [4.69, 9.17) is 33.2 Å². The van der Waals surface area contributed by atoms with Gasteiger partial charge in [-0.05, 0) is 38.9 Å². The minimum Gasteiger partial charge on any atom is -0.433 e. The fourth-order valence-corrected chi connectivity index (χ4v) is 6.96. The molecule has 0 N–H and O–H groups in total. The first-order valence-electron chi connectivity index (χ1n) is 18.0. The van der Waals surface area contributed by atoms with Crippen LogP contribution in [0, 0.1) is 0 Å². The second kappa shape index (κ2) is 18.1. The quantitative estimate of drug-likeness (QED) is 0.0743. The smallest absolute Gasteiger partial charge is 0.433 e. The predicted molar refractivity (Wildman–Crippen MR) is 201 cm³/mol. The van der Waals surface area contributed by atoms with E-state index in [9.17, 15) is 4.79 Å². The molecule has 0 unspecified atom stereocenters. The summed E-state index contributed by atoms with van der Waals surface area (Å²) in [6.45, 7) is 5.11. The largest absolute Gasteiger partial charge is 0.508 e. The number of carbonyl (C=O) groups excluding carboxylic acids is 1. The van der Waals surface area contributed by atoms with Crippen LogP contribution < -0.4 is 0 Å². The molecular formula is C45H44O8. The zero-order chi connectivity index (χ0) is 36.2. The van der Waals surface area contributed by atoms with Gasteiger partial charge >= 0.3 is 6.16 Å². The van der Waals surface area contributed by atoms with Crippen LogP contribution in [-0.4, -0.2) is 56.7 Å². The molecule has 1 saturated heterocycles. The molecule has 2 aliphatic rings. The van der Waals surface area contributed by atoms with Crippen LogP contribution in [0.4, 0.5) is 4.79 Å². The van der Waals surface area contributed by atoms with Crippen molar-refractivity contribution in [3.05, 3.63) is 180 Å². The van der Waals surface area contributed by atoms with Crippen LogP contribution in [0.3, 0.4) is 0 Å². The van der Waals surface area contributed by atoms with Crippen molar-refractivity contribution in [2.24, 2.45) is 0 Å². The highest BCUT2D eigenvalue weighted by atomic mass is 16.8. The summed E-state index contributed by atoms with van der Waals surface area (Å²) in [6, 6.07) is 46.0. The van der Waals surface area contributed by atoms with Gasteiger partial charge in [-0.2, -0.15) is 0 Å². The van der Waals surface area contributed by atoms with Gasteiger partial charge in [-0.15, -0.1) is 6.58 Å². The molecule has 1 heterocycles. The summed E-state index contributed by atoms with van der Waals surface area (Å²) in [5.74, 6) is -0.136. The summed E-state index contributed by atoms with van der Waals surface area (Å²) < 4.78 is 44.2. The average molecular weight is 713 g/mol. The lowest BCUT2D eigenvalue weighted by Gasteiger charge is -2.45. The number of hydrogen-bond acceptors (Lipinski definition) is 8. The maximum Gasteiger partial charge on any atom is 0.508 e. The van der Waals surface area contributed by atoms with E-state index in [1.165, 1.54) is 0 Å². The summed E-state index contributed by atoms with van der Waals surface area (Å²) in [7, 11) is 0. The van der Waals surface area contributed by atoms with Crippen molar-refractivity contribution in [3.8, 4) is 11.1 Å². The Labute approximate surface area is 310 Å². The second-order valence-corrected chi connectivity index (χ2v) is 13.1. The van der Waals surface area contributed by atoms with Crippen molar-refractivity contribution in [1.29, 1.82) is 0 Å². The molecule has 0 saturated carbocycles. The zero-order valence-electron chi connectivity index (χ0n) is 29.5. The Morgan fingerprint density at radius 2 is 1.09 bits per heavy atom. The Hall–Kier alpha value is -5.09. The van der Waals surface area contributed by atoms with Gasteiger partial charge in [0.2, 0.25) is 0 Å². The lowest BCUT2D eigenvalue weighted by Crippen LogP contribution is -2.62. The van der Waals surface area contributed by atoms with Gasteiger partial charge in [0.25, 0.3) is 0 Å². The van der Waals surface area contributed by atoms with Crippen molar-refractivity contribution >= 4 is 6.16 Å². The number of fused-ring (bicyclic) bond motifs is 3. The van der Waals surface area contributed by atoms with Crippen molar-refractivity contribution in [2.75, 3.05) is 19.8 Å². The number of carbonyl (C=O) groups is 1. The molecule has 0 aromatic heterocycles. The lowest BCUT2D eigenvalue weighted by atomic mass is 9.98. The highest BCUT2D eigenvalue weighted by molar-refractivity contribution is 5.79. The summed E-state index contributed by atoms with van der Waals surface area (Å²) in [5.41, 5.74) is 7.42. The van der Waals surface area contributed by atoms with Crippen molar-refractivity contribution in [2.45, 2.75) is 56.4 Å². The van der Waals surface area contributed by atoms with Gasteiger partial charge in [-0.3, -0.25) is 0 Å². The first-order chi connectivity index (χ1) is 26.2. The summed E-state index contributed by atoms with van der Waals surface area (Å²) in [4.78, 5) is 13.7. The van der Waals surface area contributed by atoms with Crippen LogP contribution >= 0.6 is 0 Å². The van der Waals surface area contributed by atoms with E-state index in [-0.39, 0.29) is 39.0 Å². The minimum absolute atomic E-state index is 0.0953. The van der Waals surface area contributed by atoms with Crippen LogP contribution in [0.25, 0.3) is 11.1 Å². The molecule has 1 fully saturated rings. The predicted octanol–water partition coefficient (Wildman–Crippen LogP) is 8.64. The van der Waals surface area contributed by atoms with Crippen LogP contribution in [0.5, 0.6) is 0 Å². The number of hydrogen-bond donors (Lipinski definition) is 0. The third kappa shape index (κ3) is 9.11. The summed E-state index contributed by atoms with van der Waals surface area (Å²) in [6.07, 6.45) is -3.51. The number of benzene rings is 5. The molecule has 0 spiro atoms. The first-order valence-corrected chi connectivity index (χ1v) is 18.0. The van der Waals surface area contributed by atoms with Crippen LogP contribution in [-0.2, 0) is 53.0 Å². The van der Waals surface area contributed by atoms with E-state index in [0.29, 0.717) is 6.61 Å². The van der Waals surface area contributed by atoms with Crippen molar-refractivity contribution in [3.63, 3.8) is 0 Å². The third-order valence-corrected chi connectivity index (χ3v) is 9.50. The van der Waals surface area contributed by atoms with Gasteiger partial charge in [0, 0.05) is 5.92 Å². The van der Waals surface area contributed by atoms with Crippen molar-refractivity contribution < 1.29 is 38.0 Å².